The van der Waals surface area contributed by atoms with Crippen LogP contribution < -0.4 is 5.73 Å². The third-order valence-corrected chi connectivity index (χ3v) is 9.62. The predicted octanol–water partition coefficient (Wildman–Crippen LogP) is 11.8. The Morgan fingerprint density at radius 1 is 0.592 bits per heavy atom. The maximum Gasteiger partial charge on any atom is 0.133 e. The largest absolute Gasteiger partial charge is 0.392 e. The molecule has 0 saturated carbocycles. The molecule has 1 saturated heterocycles. The third-order valence-electron chi connectivity index (χ3n) is 9.62. The molecule has 0 aromatic carbocycles. The van der Waals surface area contributed by atoms with Crippen LogP contribution in [0.3, 0.4) is 0 Å². The maximum atomic E-state index is 10.2. The first-order valence-corrected chi connectivity index (χ1v) is 21.2. The summed E-state index contributed by atoms with van der Waals surface area (Å²) < 4.78 is 12.5. The smallest absolute Gasteiger partial charge is 0.133 e. The van der Waals surface area contributed by atoms with Crippen molar-refractivity contribution in [3.63, 3.8) is 0 Å². The van der Waals surface area contributed by atoms with E-state index in [-0.39, 0.29) is 12.2 Å². The number of nitrogens with two attached hydrogens (primary N) is 1. The Kier molecular flexibility index (Phi) is 34.1. The van der Waals surface area contributed by atoms with Crippen molar-refractivity contribution in [2.75, 3.05) is 32.8 Å². The molecule has 0 aromatic rings. The first kappa shape index (κ1) is 45.8. The van der Waals surface area contributed by atoms with Crippen LogP contribution in [0.4, 0.5) is 0 Å². The van der Waals surface area contributed by atoms with Gasteiger partial charge in [0, 0.05) is 26.3 Å². The summed E-state index contributed by atoms with van der Waals surface area (Å²) in [6, 6.07) is 0. The number of ether oxygens (including phenoxy) is 2. The van der Waals surface area contributed by atoms with Crippen LogP contribution in [0, 0.1) is 0 Å². The van der Waals surface area contributed by atoms with Gasteiger partial charge < -0.3 is 20.3 Å². The number of hydrogen-bond acceptors (Lipinski definition) is 5. The van der Waals surface area contributed by atoms with Crippen LogP contribution >= 0.6 is 0 Å². The minimum Gasteiger partial charge on any atom is -0.392 e. The lowest BCUT2D eigenvalue weighted by Gasteiger charge is -2.34. The van der Waals surface area contributed by atoms with E-state index in [0.29, 0.717) is 13.2 Å². The highest BCUT2D eigenvalue weighted by Crippen LogP contribution is 2.15. The van der Waals surface area contributed by atoms with Gasteiger partial charge in [0.25, 0.3) is 0 Å². The molecule has 0 amide bonds. The molecule has 49 heavy (non-hydrogen) atoms. The summed E-state index contributed by atoms with van der Waals surface area (Å²) in [4.78, 5) is 2.31. The lowest BCUT2D eigenvalue weighted by atomic mass is 10.1. The zero-order valence-corrected chi connectivity index (χ0v) is 32.6. The minimum atomic E-state index is -0.415. The molecule has 5 heteroatoms. The molecule has 3 atom stereocenters. The van der Waals surface area contributed by atoms with Gasteiger partial charge in [0.1, 0.15) is 12.3 Å². The van der Waals surface area contributed by atoms with Crippen molar-refractivity contribution in [1.29, 1.82) is 0 Å². The summed E-state index contributed by atoms with van der Waals surface area (Å²) in [5, 5.41) is 10.2. The van der Waals surface area contributed by atoms with Crippen LogP contribution in [0.5, 0.6) is 0 Å². The van der Waals surface area contributed by atoms with Crippen LogP contribution in [-0.2, 0) is 9.47 Å². The standard InChI is InChI=1S/C44H82N2O3/c1-3-5-7-9-11-13-15-17-19-21-23-25-27-29-31-33-38-48-43(41-46-37-35-36-42(47)40-46)44(45)49-39-34-32-30-28-26-24-22-20-18-16-14-12-10-8-6-4-2/h11-14,17-20,42-44,47H,3-10,15-16,21-41,45H2,1-2H3. The molecule has 3 unspecified atom stereocenters. The number of nitrogens with zero attached hydrogens (tertiary/aromatic N) is 1. The van der Waals surface area contributed by atoms with E-state index in [1.807, 2.05) is 0 Å². The maximum absolute atomic E-state index is 10.2. The van der Waals surface area contributed by atoms with Gasteiger partial charge in [-0.15, -0.1) is 0 Å². The molecule has 286 valence electrons. The fourth-order valence-corrected chi connectivity index (χ4v) is 6.44. The molecule has 0 aliphatic carbocycles. The molecule has 0 bridgehead atoms. The van der Waals surface area contributed by atoms with Crippen LogP contribution in [0.25, 0.3) is 0 Å². The highest BCUT2D eigenvalue weighted by Gasteiger charge is 2.25. The SMILES string of the molecule is CCCCCC=CCC=CCCCCCCCCOC(N)C(CN1CCCC(O)C1)OCCCCCCCCC=CCC=CCCCCC. The van der Waals surface area contributed by atoms with Gasteiger partial charge in [-0.2, -0.15) is 0 Å². The number of β-amino-alcohol motifs (C(OH)–C–C–N with tert-alkyl or cyclic N) is 1. The Labute approximate surface area is 305 Å². The van der Waals surface area contributed by atoms with Gasteiger partial charge in [-0.1, -0.05) is 140 Å². The van der Waals surface area contributed by atoms with Crippen molar-refractivity contribution >= 4 is 0 Å². The van der Waals surface area contributed by atoms with Crippen LogP contribution in [0.15, 0.2) is 48.6 Å². The molecule has 3 N–H and O–H groups in total. The number of hydrogen-bond donors (Lipinski definition) is 2. The number of allylic oxidation sites excluding steroid dienone is 8. The molecule has 0 aromatic heterocycles. The fourth-order valence-electron chi connectivity index (χ4n) is 6.44. The zero-order chi connectivity index (χ0) is 35.3. The highest BCUT2D eigenvalue weighted by molar-refractivity contribution is 4.93. The number of rotatable bonds is 35. The van der Waals surface area contributed by atoms with Crippen molar-refractivity contribution in [1.82, 2.24) is 4.90 Å². The number of aliphatic hydroxyl groups is 1. The van der Waals surface area contributed by atoms with Crippen LogP contribution in [0.1, 0.15) is 181 Å². The van der Waals surface area contributed by atoms with Crippen molar-refractivity contribution in [3.05, 3.63) is 48.6 Å². The second kappa shape index (κ2) is 36.5. The van der Waals surface area contributed by atoms with E-state index in [2.05, 4.69) is 67.4 Å². The Balaban J connectivity index is 2.12. The molecule has 0 radical (unpaired) electrons. The van der Waals surface area contributed by atoms with Crippen molar-refractivity contribution in [2.24, 2.45) is 5.73 Å². The lowest BCUT2D eigenvalue weighted by Crippen LogP contribution is -2.50. The summed E-state index contributed by atoms with van der Waals surface area (Å²) in [7, 11) is 0. The second-order valence-corrected chi connectivity index (χ2v) is 14.5. The van der Waals surface area contributed by atoms with E-state index < -0.39 is 6.23 Å². The van der Waals surface area contributed by atoms with Gasteiger partial charge in [-0.25, -0.2) is 0 Å². The van der Waals surface area contributed by atoms with Crippen molar-refractivity contribution in [3.8, 4) is 0 Å². The highest BCUT2D eigenvalue weighted by atomic mass is 16.5. The topological polar surface area (TPSA) is 68.0 Å². The molecule has 1 aliphatic heterocycles. The quantitative estimate of drug-likeness (QED) is 0.0394. The average molecular weight is 687 g/mol. The monoisotopic (exact) mass is 687 g/mol. The average Bonchev–Trinajstić information content (AvgIpc) is 3.10. The molecule has 1 fully saturated rings. The Morgan fingerprint density at radius 2 is 1.02 bits per heavy atom. The van der Waals surface area contributed by atoms with E-state index in [0.717, 1.165) is 58.2 Å². The normalized spacial score (nSPS) is 17.4. The van der Waals surface area contributed by atoms with Crippen molar-refractivity contribution < 1.29 is 14.6 Å². The van der Waals surface area contributed by atoms with E-state index in [1.54, 1.807) is 0 Å². The molecule has 1 heterocycles. The summed E-state index contributed by atoms with van der Waals surface area (Å²) in [6.45, 7) is 8.40. The van der Waals surface area contributed by atoms with Gasteiger partial charge in [0.2, 0.25) is 0 Å². The molecule has 1 aliphatic rings. The predicted molar refractivity (Wildman–Crippen MR) is 214 cm³/mol. The summed E-state index contributed by atoms with van der Waals surface area (Å²) >= 11 is 0. The fraction of sp³-hybridized carbons (Fsp3) is 0.818. The Bertz CT molecular complexity index is 795. The second-order valence-electron chi connectivity index (χ2n) is 14.5. The molecule has 1 rings (SSSR count). The minimum absolute atomic E-state index is 0.145. The summed E-state index contributed by atoms with van der Waals surface area (Å²) in [6.07, 6.45) is 49.6. The third kappa shape index (κ3) is 31.2. The van der Waals surface area contributed by atoms with E-state index in [4.69, 9.17) is 15.2 Å². The Morgan fingerprint density at radius 3 is 1.49 bits per heavy atom. The van der Waals surface area contributed by atoms with Gasteiger partial charge >= 0.3 is 0 Å². The number of piperidine rings is 1. The molecular formula is C44H82N2O3. The number of likely N-dealkylation sites (tertiary alicyclic amines) is 1. The van der Waals surface area contributed by atoms with Crippen LogP contribution in [-0.4, -0.2) is 61.3 Å². The van der Waals surface area contributed by atoms with Gasteiger partial charge in [0.15, 0.2) is 0 Å². The van der Waals surface area contributed by atoms with Crippen LogP contribution in [0.2, 0.25) is 0 Å². The van der Waals surface area contributed by atoms with Gasteiger partial charge in [0.05, 0.1) is 6.10 Å². The molecular weight excluding hydrogens is 604 g/mol. The summed E-state index contributed by atoms with van der Waals surface area (Å²) in [5.41, 5.74) is 6.55. The van der Waals surface area contributed by atoms with E-state index in [1.165, 1.54) is 128 Å². The van der Waals surface area contributed by atoms with E-state index in [9.17, 15) is 5.11 Å². The first-order chi connectivity index (χ1) is 24.2. The Hall–Kier alpha value is -1.24. The molecule has 5 nitrogen and oxygen atoms in total. The van der Waals surface area contributed by atoms with Gasteiger partial charge in [-0.3, -0.25) is 4.90 Å². The number of unbranched alkanes of at least 4 members (excludes halogenated alkanes) is 18. The zero-order valence-electron chi connectivity index (χ0n) is 32.6. The van der Waals surface area contributed by atoms with Gasteiger partial charge in [-0.05, 0) is 96.4 Å². The lowest BCUT2D eigenvalue weighted by molar-refractivity contribution is -0.0887. The van der Waals surface area contributed by atoms with E-state index >= 15 is 0 Å². The summed E-state index contributed by atoms with van der Waals surface area (Å²) in [5.74, 6) is 0. The van der Waals surface area contributed by atoms with Crippen molar-refractivity contribution in [2.45, 2.75) is 199 Å². The molecule has 0 spiro atoms. The first-order valence-electron chi connectivity index (χ1n) is 21.2. The number of aliphatic hydroxyl groups excluding tert-OH is 1.